The van der Waals surface area contributed by atoms with Crippen LogP contribution in [0.4, 0.5) is 4.79 Å². The SMILES string of the molecule is COP(=O)(OC)C1CCCCN1C(=O)OCC(Cl)(Cl)Cl. The summed E-state index contributed by atoms with van der Waals surface area (Å²) in [7, 11) is -0.842. The first-order valence-corrected chi connectivity index (χ1v) is 8.69. The highest BCUT2D eigenvalue weighted by Gasteiger charge is 2.43. The van der Waals surface area contributed by atoms with E-state index in [4.69, 9.17) is 48.6 Å². The quantitative estimate of drug-likeness (QED) is 0.558. The third-order valence-electron chi connectivity index (χ3n) is 2.94. The average Bonchev–Trinajstić information content (AvgIpc) is 2.43. The highest BCUT2D eigenvalue weighted by molar-refractivity contribution is 7.54. The van der Waals surface area contributed by atoms with Gasteiger partial charge in [-0.1, -0.05) is 34.8 Å². The second-order valence-corrected chi connectivity index (χ2v) is 9.17. The number of ether oxygens (including phenoxy) is 1. The minimum Gasteiger partial charge on any atom is -0.445 e. The van der Waals surface area contributed by atoms with Crippen molar-refractivity contribution in [3.63, 3.8) is 0 Å². The van der Waals surface area contributed by atoms with Gasteiger partial charge in [-0.25, -0.2) is 4.79 Å². The van der Waals surface area contributed by atoms with Gasteiger partial charge < -0.3 is 13.8 Å². The molecule has 1 aliphatic rings. The molecule has 118 valence electrons. The van der Waals surface area contributed by atoms with Crippen LogP contribution in [0.1, 0.15) is 19.3 Å². The Morgan fingerprint density at radius 3 is 2.40 bits per heavy atom. The molecule has 0 aliphatic carbocycles. The Morgan fingerprint density at radius 1 is 1.30 bits per heavy atom. The highest BCUT2D eigenvalue weighted by Crippen LogP contribution is 2.55. The zero-order valence-electron chi connectivity index (χ0n) is 11.2. The summed E-state index contributed by atoms with van der Waals surface area (Å²) in [6.07, 6.45) is 1.39. The third-order valence-corrected chi connectivity index (χ3v) is 5.55. The minimum atomic E-state index is -3.40. The molecule has 0 aromatic carbocycles. The van der Waals surface area contributed by atoms with Crippen LogP contribution in [0.2, 0.25) is 0 Å². The van der Waals surface area contributed by atoms with Crippen LogP contribution < -0.4 is 0 Å². The third kappa shape index (κ3) is 4.93. The molecular formula is C10H17Cl3NO5P. The van der Waals surface area contributed by atoms with Crippen molar-refractivity contribution >= 4 is 48.5 Å². The molecule has 6 nitrogen and oxygen atoms in total. The molecule has 0 aromatic heterocycles. The molecule has 1 amide bonds. The number of likely N-dealkylation sites (tertiary alicyclic amines) is 1. The van der Waals surface area contributed by atoms with E-state index in [1.54, 1.807) is 0 Å². The topological polar surface area (TPSA) is 65.1 Å². The molecule has 20 heavy (non-hydrogen) atoms. The summed E-state index contributed by atoms with van der Waals surface area (Å²) in [5.41, 5.74) is 0. The van der Waals surface area contributed by atoms with Gasteiger partial charge in [0.2, 0.25) is 3.79 Å². The van der Waals surface area contributed by atoms with Gasteiger partial charge in [-0.2, -0.15) is 0 Å². The van der Waals surface area contributed by atoms with Crippen LogP contribution in [0.15, 0.2) is 0 Å². The normalized spacial score (nSPS) is 20.9. The monoisotopic (exact) mass is 367 g/mol. The van der Waals surface area contributed by atoms with Crippen molar-refractivity contribution in [1.29, 1.82) is 0 Å². The van der Waals surface area contributed by atoms with Gasteiger partial charge in [0.25, 0.3) is 0 Å². The van der Waals surface area contributed by atoms with Crippen molar-refractivity contribution in [3.8, 4) is 0 Å². The van der Waals surface area contributed by atoms with Gasteiger partial charge in [0.1, 0.15) is 12.4 Å². The number of rotatable bonds is 4. The fourth-order valence-corrected chi connectivity index (χ4v) is 3.85. The Hall–Kier alpha value is 0.290. The lowest BCUT2D eigenvalue weighted by Crippen LogP contribution is -2.44. The smallest absolute Gasteiger partial charge is 0.410 e. The maximum absolute atomic E-state index is 12.4. The number of alkyl halides is 3. The Balaban J connectivity index is 2.78. The van der Waals surface area contributed by atoms with Gasteiger partial charge >= 0.3 is 13.7 Å². The molecule has 0 N–H and O–H groups in total. The molecule has 10 heteroatoms. The molecule has 0 saturated carbocycles. The number of carbonyl (C=O) groups is 1. The number of carbonyl (C=O) groups excluding carboxylic acids is 1. The molecule has 1 atom stereocenters. The predicted molar refractivity (Wildman–Crippen MR) is 77.6 cm³/mol. The van der Waals surface area contributed by atoms with Crippen molar-refractivity contribution in [1.82, 2.24) is 4.90 Å². The summed E-state index contributed by atoms with van der Waals surface area (Å²) in [4.78, 5) is 13.3. The molecule has 1 saturated heterocycles. The Labute approximate surface area is 133 Å². The van der Waals surface area contributed by atoms with Crippen LogP contribution in [-0.2, 0) is 18.3 Å². The Morgan fingerprint density at radius 2 is 1.90 bits per heavy atom. The van der Waals surface area contributed by atoms with E-state index in [2.05, 4.69) is 0 Å². The van der Waals surface area contributed by atoms with Gasteiger partial charge in [-0.05, 0) is 19.3 Å². The summed E-state index contributed by atoms with van der Waals surface area (Å²) in [5, 5.41) is 0. The van der Waals surface area contributed by atoms with Crippen molar-refractivity contribution in [2.75, 3.05) is 27.4 Å². The number of nitrogens with zero attached hydrogens (tertiary/aromatic N) is 1. The lowest BCUT2D eigenvalue weighted by atomic mass is 10.1. The van der Waals surface area contributed by atoms with Crippen LogP contribution in [0.5, 0.6) is 0 Å². The Kier molecular flexibility index (Phi) is 6.90. The molecule has 1 fully saturated rings. The van der Waals surface area contributed by atoms with E-state index in [0.29, 0.717) is 13.0 Å². The molecule has 0 bridgehead atoms. The van der Waals surface area contributed by atoms with Crippen LogP contribution in [0.3, 0.4) is 0 Å². The van der Waals surface area contributed by atoms with Crippen LogP contribution in [0.25, 0.3) is 0 Å². The lowest BCUT2D eigenvalue weighted by Gasteiger charge is -2.37. The first-order valence-electron chi connectivity index (χ1n) is 5.95. The summed E-state index contributed by atoms with van der Waals surface area (Å²) < 4.78 is 25.6. The Bertz CT molecular complexity index is 382. The predicted octanol–water partition coefficient (Wildman–Crippen LogP) is 3.79. The minimum absolute atomic E-state index is 0.385. The fraction of sp³-hybridized carbons (Fsp3) is 0.900. The van der Waals surface area contributed by atoms with E-state index in [1.807, 2.05) is 0 Å². The van der Waals surface area contributed by atoms with E-state index in [-0.39, 0.29) is 6.61 Å². The van der Waals surface area contributed by atoms with E-state index in [9.17, 15) is 9.36 Å². The maximum atomic E-state index is 12.4. The number of hydrogen-bond donors (Lipinski definition) is 0. The van der Waals surface area contributed by atoms with E-state index < -0.39 is 23.3 Å². The van der Waals surface area contributed by atoms with Crippen molar-refractivity contribution in [3.05, 3.63) is 0 Å². The van der Waals surface area contributed by atoms with E-state index in [0.717, 1.165) is 12.8 Å². The summed E-state index contributed by atoms with van der Waals surface area (Å²) in [5.74, 6) is -0.686. The van der Waals surface area contributed by atoms with Gasteiger partial charge in [-0.3, -0.25) is 9.46 Å². The molecule has 1 heterocycles. The summed E-state index contributed by atoms with van der Waals surface area (Å²) >= 11 is 16.6. The second kappa shape index (κ2) is 7.52. The highest BCUT2D eigenvalue weighted by atomic mass is 35.6. The van der Waals surface area contributed by atoms with Gasteiger partial charge in [0, 0.05) is 20.8 Å². The number of halogens is 3. The summed E-state index contributed by atoms with van der Waals surface area (Å²) in [6, 6.07) is 0. The van der Waals surface area contributed by atoms with E-state index >= 15 is 0 Å². The molecule has 0 aromatic rings. The first-order chi connectivity index (χ1) is 9.23. The largest absolute Gasteiger partial charge is 0.445 e. The van der Waals surface area contributed by atoms with Crippen molar-refractivity contribution in [2.45, 2.75) is 28.8 Å². The average molecular weight is 369 g/mol. The molecule has 0 radical (unpaired) electrons. The first kappa shape index (κ1) is 18.3. The molecule has 1 unspecified atom stereocenters. The van der Waals surface area contributed by atoms with E-state index in [1.165, 1.54) is 19.1 Å². The zero-order chi connectivity index (χ0) is 15.4. The van der Waals surface area contributed by atoms with Crippen LogP contribution >= 0.6 is 42.4 Å². The van der Waals surface area contributed by atoms with Crippen LogP contribution in [-0.4, -0.2) is 47.9 Å². The molecule has 1 rings (SSSR count). The van der Waals surface area contributed by atoms with Gasteiger partial charge in [-0.15, -0.1) is 0 Å². The van der Waals surface area contributed by atoms with Gasteiger partial charge in [0.15, 0.2) is 0 Å². The molecule has 1 aliphatic heterocycles. The second-order valence-electron chi connectivity index (χ2n) is 4.24. The maximum Gasteiger partial charge on any atom is 0.410 e. The molecule has 0 spiro atoms. The van der Waals surface area contributed by atoms with Crippen LogP contribution in [0, 0.1) is 0 Å². The van der Waals surface area contributed by atoms with Crippen molar-refractivity contribution < 1.29 is 23.1 Å². The van der Waals surface area contributed by atoms with Crippen molar-refractivity contribution in [2.24, 2.45) is 0 Å². The number of hydrogen-bond acceptors (Lipinski definition) is 5. The fourth-order valence-electron chi connectivity index (χ4n) is 2.00. The number of amides is 1. The number of piperidine rings is 1. The lowest BCUT2D eigenvalue weighted by molar-refractivity contribution is 0.0816. The zero-order valence-corrected chi connectivity index (χ0v) is 14.3. The standard InChI is InChI=1S/C10H17Cl3NO5P/c1-17-20(16,18-2)8-5-3-4-6-14(8)9(15)19-7-10(11,12)13/h8H,3-7H2,1-2H3. The summed E-state index contributed by atoms with van der Waals surface area (Å²) in [6.45, 7) is 0.00402. The molecular weight excluding hydrogens is 351 g/mol. The van der Waals surface area contributed by atoms with Gasteiger partial charge in [0.05, 0.1) is 0 Å².